The SMILES string of the molecule is Cc1cc(C)n2c(-c3ccc(F)cn3)cnc2c1. The molecular weight excluding hydrogens is 229 g/mol. The molecular formula is C14H12FN3. The van der Waals surface area contributed by atoms with Gasteiger partial charge in [-0.3, -0.25) is 9.38 Å². The minimum atomic E-state index is -0.333. The number of pyridine rings is 2. The van der Waals surface area contributed by atoms with Crippen LogP contribution < -0.4 is 0 Å². The lowest BCUT2D eigenvalue weighted by molar-refractivity contribution is 0.622. The van der Waals surface area contributed by atoms with Gasteiger partial charge in [0.2, 0.25) is 0 Å². The van der Waals surface area contributed by atoms with Gasteiger partial charge in [-0.1, -0.05) is 0 Å². The minimum absolute atomic E-state index is 0.333. The van der Waals surface area contributed by atoms with E-state index < -0.39 is 0 Å². The number of imidazole rings is 1. The summed E-state index contributed by atoms with van der Waals surface area (Å²) < 4.78 is 14.9. The highest BCUT2D eigenvalue weighted by atomic mass is 19.1. The van der Waals surface area contributed by atoms with Crippen LogP contribution in [0.15, 0.2) is 36.7 Å². The van der Waals surface area contributed by atoms with Crippen LogP contribution in [0.1, 0.15) is 11.3 Å². The largest absolute Gasteiger partial charge is 0.295 e. The topological polar surface area (TPSA) is 30.2 Å². The molecule has 3 rings (SSSR count). The van der Waals surface area contributed by atoms with Crippen molar-refractivity contribution < 1.29 is 4.39 Å². The zero-order valence-electron chi connectivity index (χ0n) is 10.2. The van der Waals surface area contributed by atoms with E-state index in [1.54, 1.807) is 12.3 Å². The highest BCUT2D eigenvalue weighted by molar-refractivity contribution is 5.61. The maximum Gasteiger partial charge on any atom is 0.141 e. The number of fused-ring (bicyclic) bond motifs is 1. The van der Waals surface area contributed by atoms with E-state index in [0.29, 0.717) is 0 Å². The number of hydrogen-bond donors (Lipinski definition) is 0. The number of hydrogen-bond acceptors (Lipinski definition) is 2. The van der Waals surface area contributed by atoms with Crippen LogP contribution in [-0.2, 0) is 0 Å². The molecule has 0 saturated carbocycles. The molecule has 3 aromatic heterocycles. The molecule has 0 aliphatic carbocycles. The molecule has 3 nitrogen and oxygen atoms in total. The summed E-state index contributed by atoms with van der Waals surface area (Å²) in [6.45, 7) is 4.06. The fourth-order valence-electron chi connectivity index (χ4n) is 2.19. The van der Waals surface area contributed by atoms with Gasteiger partial charge >= 0.3 is 0 Å². The molecule has 0 aliphatic rings. The van der Waals surface area contributed by atoms with Gasteiger partial charge in [-0.25, -0.2) is 9.37 Å². The molecule has 90 valence electrons. The quantitative estimate of drug-likeness (QED) is 0.655. The second kappa shape index (κ2) is 3.91. The highest BCUT2D eigenvalue weighted by Crippen LogP contribution is 2.21. The van der Waals surface area contributed by atoms with Gasteiger partial charge < -0.3 is 0 Å². The van der Waals surface area contributed by atoms with E-state index in [1.165, 1.54) is 17.8 Å². The van der Waals surface area contributed by atoms with Crippen molar-refractivity contribution in [2.75, 3.05) is 0 Å². The second-order valence-corrected chi connectivity index (χ2v) is 4.37. The zero-order valence-corrected chi connectivity index (χ0v) is 10.2. The molecule has 3 aromatic rings. The van der Waals surface area contributed by atoms with Crippen LogP contribution in [0.5, 0.6) is 0 Å². The standard InChI is InChI=1S/C14H12FN3/c1-9-5-10(2)18-13(8-17-14(18)6-9)12-4-3-11(15)7-16-12/h3-8H,1-2H3. The van der Waals surface area contributed by atoms with Crippen molar-refractivity contribution in [1.29, 1.82) is 0 Å². The molecule has 0 aromatic carbocycles. The van der Waals surface area contributed by atoms with Crippen molar-refractivity contribution in [2.24, 2.45) is 0 Å². The van der Waals surface area contributed by atoms with Crippen LogP contribution in [0.4, 0.5) is 4.39 Å². The van der Waals surface area contributed by atoms with Crippen LogP contribution in [0.3, 0.4) is 0 Å². The maximum atomic E-state index is 12.9. The van der Waals surface area contributed by atoms with Crippen molar-refractivity contribution in [1.82, 2.24) is 14.4 Å². The van der Waals surface area contributed by atoms with Gasteiger partial charge in [0.25, 0.3) is 0 Å². The third-order valence-corrected chi connectivity index (χ3v) is 2.92. The van der Waals surface area contributed by atoms with E-state index in [-0.39, 0.29) is 5.82 Å². The van der Waals surface area contributed by atoms with Gasteiger partial charge in [-0.05, 0) is 43.7 Å². The lowest BCUT2D eigenvalue weighted by Gasteiger charge is -2.06. The third-order valence-electron chi connectivity index (χ3n) is 2.92. The first-order chi connectivity index (χ1) is 8.65. The first-order valence-corrected chi connectivity index (χ1v) is 5.72. The van der Waals surface area contributed by atoms with Crippen molar-refractivity contribution >= 4 is 5.65 Å². The monoisotopic (exact) mass is 241 g/mol. The van der Waals surface area contributed by atoms with Crippen molar-refractivity contribution in [3.05, 3.63) is 53.7 Å². The third kappa shape index (κ3) is 1.66. The van der Waals surface area contributed by atoms with Gasteiger partial charge in [0, 0.05) is 5.69 Å². The van der Waals surface area contributed by atoms with E-state index in [4.69, 9.17) is 0 Å². The van der Waals surface area contributed by atoms with Gasteiger partial charge in [0.15, 0.2) is 0 Å². The Balaban J connectivity index is 2.27. The molecule has 0 saturated heterocycles. The summed E-state index contributed by atoms with van der Waals surface area (Å²) in [5.41, 5.74) is 4.74. The lowest BCUT2D eigenvalue weighted by Crippen LogP contribution is -1.96. The molecule has 0 unspecified atom stereocenters. The van der Waals surface area contributed by atoms with Gasteiger partial charge in [-0.15, -0.1) is 0 Å². The summed E-state index contributed by atoms with van der Waals surface area (Å²) in [5, 5.41) is 0. The number of rotatable bonds is 1. The summed E-state index contributed by atoms with van der Waals surface area (Å²) in [4.78, 5) is 8.47. The Hall–Kier alpha value is -2.23. The number of aryl methyl sites for hydroxylation is 2. The Morgan fingerprint density at radius 2 is 1.89 bits per heavy atom. The zero-order chi connectivity index (χ0) is 12.7. The minimum Gasteiger partial charge on any atom is -0.295 e. The molecule has 0 bridgehead atoms. The Morgan fingerprint density at radius 3 is 2.61 bits per heavy atom. The predicted molar refractivity (Wildman–Crippen MR) is 67.9 cm³/mol. The van der Waals surface area contributed by atoms with Crippen LogP contribution in [0, 0.1) is 19.7 Å². The van der Waals surface area contributed by atoms with E-state index in [9.17, 15) is 4.39 Å². The van der Waals surface area contributed by atoms with E-state index in [2.05, 4.69) is 16.0 Å². The van der Waals surface area contributed by atoms with Crippen LogP contribution in [0.25, 0.3) is 17.0 Å². The summed E-state index contributed by atoms with van der Waals surface area (Å²) in [6.07, 6.45) is 2.99. The second-order valence-electron chi connectivity index (χ2n) is 4.37. The summed E-state index contributed by atoms with van der Waals surface area (Å²) >= 11 is 0. The number of aromatic nitrogens is 3. The Kier molecular flexibility index (Phi) is 2.37. The van der Waals surface area contributed by atoms with E-state index in [1.807, 2.05) is 24.3 Å². The molecule has 0 spiro atoms. The fraction of sp³-hybridized carbons (Fsp3) is 0.143. The molecule has 18 heavy (non-hydrogen) atoms. The van der Waals surface area contributed by atoms with Crippen molar-refractivity contribution in [3.8, 4) is 11.4 Å². The van der Waals surface area contributed by atoms with Gasteiger partial charge in [-0.2, -0.15) is 0 Å². The molecule has 0 amide bonds. The lowest BCUT2D eigenvalue weighted by atomic mass is 10.2. The number of halogens is 1. The van der Waals surface area contributed by atoms with Crippen molar-refractivity contribution in [2.45, 2.75) is 13.8 Å². The molecule has 0 aliphatic heterocycles. The summed E-state index contributed by atoms with van der Waals surface area (Å²) in [5.74, 6) is -0.333. The number of nitrogens with zero attached hydrogens (tertiary/aromatic N) is 3. The average molecular weight is 241 g/mol. The normalized spacial score (nSPS) is 11.1. The van der Waals surface area contributed by atoms with E-state index in [0.717, 1.165) is 22.7 Å². The van der Waals surface area contributed by atoms with Crippen LogP contribution in [-0.4, -0.2) is 14.4 Å². The first-order valence-electron chi connectivity index (χ1n) is 5.72. The van der Waals surface area contributed by atoms with Crippen molar-refractivity contribution in [3.63, 3.8) is 0 Å². The molecule has 3 heterocycles. The highest BCUT2D eigenvalue weighted by Gasteiger charge is 2.09. The first kappa shape index (κ1) is 10.9. The fourth-order valence-corrected chi connectivity index (χ4v) is 2.19. The molecule has 0 N–H and O–H groups in total. The molecule has 0 radical (unpaired) electrons. The summed E-state index contributed by atoms with van der Waals surface area (Å²) in [6, 6.07) is 7.17. The smallest absolute Gasteiger partial charge is 0.141 e. The Labute approximate surface area is 104 Å². The maximum absolute atomic E-state index is 12.9. The van der Waals surface area contributed by atoms with Gasteiger partial charge in [0.1, 0.15) is 11.5 Å². The molecule has 0 atom stereocenters. The van der Waals surface area contributed by atoms with Crippen LogP contribution >= 0.6 is 0 Å². The van der Waals surface area contributed by atoms with Gasteiger partial charge in [0.05, 0.1) is 23.8 Å². The van der Waals surface area contributed by atoms with Crippen LogP contribution in [0.2, 0.25) is 0 Å². The van der Waals surface area contributed by atoms with E-state index >= 15 is 0 Å². The summed E-state index contributed by atoms with van der Waals surface area (Å²) in [7, 11) is 0. The average Bonchev–Trinajstić information content (AvgIpc) is 2.74. The Morgan fingerprint density at radius 1 is 1.06 bits per heavy atom. The predicted octanol–water partition coefficient (Wildman–Crippen LogP) is 3.15. The molecule has 0 fully saturated rings. The Bertz CT molecular complexity index is 714. The molecule has 4 heteroatoms.